The monoisotopic (exact) mass is 666 g/mol. The predicted octanol–water partition coefficient (Wildman–Crippen LogP) is 1.41. The van der Waals surface area contributed by atoms with Crippen LogP contribution in [0.1, 0.15) is 92.9 Å². The van der Waals surface area contributed by atoms with Gasteiger partial charge in [-0.3, -0.25) is 4.79 Å². The highest BCUT2D eigenvalue weighted by molar-refractivity contribution is 5.79. The minimum Gasteiger partial charge on any atom is -0.432 e. The average molecular weight is 667 g/mol. The molecule has 0 aromatic rings. The molecule has 17 atom stereocenters. The van der Waals surface area contributed by atoms with E-state index in [1.165, 1.54) is 0 Å². The number of carbonyl (C=O) groups is 1. The van der Waals surface area contributed by atoms with Gasteiger partial charge in [-0.05, 0) is 92.3 Å². The maximum Gasteiger partial charge on any atom is 0.315 e. The molecule has 5 fully saturated rings. The zero-order valence-electron chi connectivity index (χ0n) is 28.8. The Kier molecular flexibility index (Phi) is 8.68. The van der Waals surface area contributed by atoms with Crippen molar-refractivity contribution in [3.8, 4) is 0 Å². The lowest BCUT2D eigenvalue weighted by Crippen LogP contribution is -2.69. The van der Waals surface area contributed by atoms with Crippen molar-refractivity contribution in [1.29, 1.82) is 0 Å². The Morgan fingerprint density at radius 2 is 1.60 bits per heavy atom. The lowest BCUT2D eigenvalue weighted by molar-refractivity contribution is -0.299. The predicted molar refractivity (Wildman–Crippen MR) is 169 cm³/mol. The minimum absolute atomic E-state index is 0.00373. The van der Waals surface area contributed by atoms with E-state index in [2.05, 4.69) is 26.8 Å². The normalized spacial score (nSPS) is 57.5. The zero-order chi connectivity index (χ0) is 34.7. The fourth-order valence-corrected chi connectivity index (χ4v) is 12.4. The Morgan fingerprint density at radius 3 is 2.23 bits per heavy atom. The Labute approximate surface area is 278 Å². The third-order valence-corrected chi connectivity index (χ3v) is 15.6. The first-order chi connectivity index (χ1) is 21.8. The molecule has 11 nitrogen and oxygen atoms in total. The Morgan fingerprint density at radius 1 is 0.915 bits per heavy atom. The number of hydrogen-bond donors (Lipinski definition) is 8. The van der Waals surface area contributed by atoms with E-state index < -0.39 is 83.3 Å². The molecule has 8 N–H and O–H groups in total. The number of esters is 1. The van der Waals surface area contributed by atoms with Crippen LogP contribution in [0, 0.1) is 50.7 Å². The summed E-state index contributed by atoms with van der Waals surface area (Å²) in [6.45, 7) is 11.6. The van der Waals surface area contributed by atoms with Crippen LogP contribution in [0.2, 0.25) is 0 Å². The van der Waals surface area contributed by atoms with Crippen LogP contribution in [0.3, 0.4) is 0 Å². The van der Waals surface area contributed by atoms with Gasteiger partial charge in [0.15, 0.2) is 0 Å². The van der Waals surface area contributed by atoms with E-state index in [1.807, 2.05) is 20.8 Å². The van der Waals surface area contributed by atoms with E-state index in [0.717, 1.165) is 18.4 Å². The van der Waals surface area contributed by atoms with Crippen LogP contribution in [0.5, 0.6) is 0 Å². The van der Waals surface area contributed by atoms with E-state index in [1.54, 1.807) is 0 Å². The Hall–Kier alpha value is -1.15. The number of hydrogen-bond acceptors (Lipinski definition) is 11. The molecule has 6 aliphatic rings. The highest BCUT2D eigenvalue weighted by atomic mass is 16.7. The molecule has 268 valence electrons. The second kappa shape index (κ2) is 11.4. The summed E-state index contributed by atoms with van der Waals surface area (Å²) in [6, 6.07) is 0. The van der Waals surface area contributed by atoms with Crippen molar-refractivity contribution in [1.82, 2.24) is 0 Å². The smallest absolute Gasteiger partial charge is 0.315 e. The first-order valence-corrected chi connectivity index (χ1v) is 17.7. The molecule has 47 heavy (non-hydrogen) atoms. The number of ether oxygens (including phenoxy) is 2. The van der Waals surface area contributed by atoms with Crippen molar-refractivity contribution in [2.24, 2.45) is 50.7 Å². The maximum atomic E-state index is 14.5. The van der Waals surface area contributed by atoms with Crippen LogP contribution < -0.4 is 0 Å². The number of rotatable bonds is 4. The molecular formula is C36H58O11. The Bertz CT molecular complexity index is 1270. The average Bonchev–Trinajstić information content (AvgIpc) is 3.02. The molecule has 4 saturated carbocycles. The second-order valence-corrected chi connectivity index (χ2v) is 17.5. The lowest BCUT2D eigenvalue weighted by atomic mass is 9.33. The molecule has 0 aromatic carbocycles. The molecule has 0 spiro atoms. The van der Waals surface area contributed by atoms with E-state index >= 15 is 0 Å². The van der Waals surface area contributed by atoms with Gasteiger partial charge in [-0.15, -0.1) is 0 Å². The van der Waals surface area contributed by atoms with Crippen LogP contribution in [0.25, 0.3) is 0 Å². The van der Waals surface area contributed by atoms with Gasteiger partial charge in [0.1, 0.15) is 24.4 Å². The third kappa shape index (κ3) is 4.60. The molecule has 1 saturated heterocycles. The van der Waals surface area contributed by atoms with Crippen molar-refractivity contribution in [2.45, 2.75) is 141 Å². The molecule has 0 aromatic heterocycles. The first kappa shape index (κ1) is 35.7. The fourth-order valence-electron chi connectivity index (χ4n) is 12.4. The first-order valence-electron chi connectivity index (χ1n) is 17.7. The molecule has 11 heteroatoms. The van der Waals surface area contributed by atoms with E-state index in [-0.39, 0.29) is 35.2 Å². The number of allylic oxidation sites excluding steroid dienone is 1. The van der Waals surface area contributed by atoms with Gasteiger partial charge in [-0.25, -0.2) is 0 Å². The van der Waals surface area contributed by atoms with E-state index in [4.69, 9.17) is 9.47 Å². The largest absolute Gasteiger partial charge is 0.432 e. The van der Waals surface area contributed by atoms with Crippen LogP contribution in [-0.2, 0) is 14.3 Å². The number of aliphatic hydroxyl groups is 8. The summed E-state index contributed by atoms with van der Waals surface area (Å²) in [6.07, 6.45) is -2.75. The molecule has 1 heterocycles. The molecule has 1 unspecified atom stereocenters. The molecular weight excluding hydrogens is 608 g/mol. The van der Waals surface area contributed by atoms with Crippen molar-refractivity contribution in [3.05, 3.63) is 11.6 Å². The van der Waals surface area contributed by atoms with Crippen molar-refractivity contribution in [2.75, 3.05) is 13.2 Å². The van der Waals surface area contributed by atoms with Crippen LogP contribution in [0.15, 0.2) is 11.6 Å². The van der Waals surface area contributed by atoms with Crippen LogP contribution >= 0.6 is 0 Å². The summed E-state index contributed by atoms with van der Waals surface area (Å²) in [7, 11) is 0. The van der Waals surface area contributed by atoms with Gasteiger partial charge in [0.05, 0.1) is 36.4 Å². The summed E-state index contributed by atoms with van der Waals surface area (Å²) in [5, 5.41) is 86.2. The summed E-state index contributed by atoms with van der Waals surface area (Å²) in [5.74, 6) is -1.23. The van der Waals surface area contributed by atoms with Crippen LogP contribution in [0.4, 0.5) is 0 Å². The van der Waals surface area contributed by atoms with Crippen molar-refractivity contribution in [3.63, 3.8) is 0 Å². The highest BCUT2D eigenvalue weighted by Gasteiger charge is 2.72. The van der Waals surface area contributed by atoms with Gasteiger partial charge < -0.3 is 50.3 Å². The summed E-state index contributed by atoms with van der Waals surface area (Å²) >= 11 is 0. The number of aliphatic hydroxyl groups excluding tert-OH is 7. The summed E-state index contributed by atoms with van der Waals surface area (Å²) < 4.78 is 11.4. The molecule has 0 amide bonds. The van der Waals surface area contributed by atoms with Gasteiger partial charge in [-0.2, -0.15) is 0 Å². The SMILES string of the molecule is C[C@@H]1CC[C@]2(C(=O)O[C@@H]3O[C@H](CO)[C@@H](O)[C@H](O)[C@H]3O)CC[C@]3(C)C(=CC[C@@H]4[C@@]5(C)C[C@@H](O)[C@H](O)[C@@](C)(CO)C5CC[C@]43C)[C@@H]2[C@]1(C)O. The van der Waals surface area contributed by atoms with E-state index in [0.29, 0.717) is 38.5 Å². The molecule has 5 aliphatic carbocycles. The van der Waals surface area contributed by atoms with Gasteiger partial charge in [0, 0.05) is 11.3 Å². The summed E-state index contributed by atoms with van der Waals surface area (Å²) in [5.41, 5.74) is -3.27. The van der Waals surface area contributed by atoms with E-state index in [9.17, 15) is 45.6 Å². The maximum absolute atomic E-state index is 14.5. The topological polar surface area (TPSA) is 197 Å². The molecule has 1 aliphatic heterocycles. The Balaban J connectivity index is 1.40. The van der Waals surface area contributed by atoms with Crippen molar-refractivity contribution >= 4 is 5.97 Å². The quantitative estimate of drug-likeness (QED) is 0.160. The molecule has 0 bridgehead atoms. The van der Waals surface area contributed by atoms with Gasteiger partial charge in [-0.1, -0.05) is 46.3 Å². The van der Waals surface area contributed by atoms with Crippen LogP contribution in [-0.4, -0.2) is 109 Å². The fraction of sp³-hybridized carbons (Fsp3) is 0.917. The van der Waals surface area contributed by atoms with Crippen molar-refractivity contribution < 1.29 is 55.1 Å². The summed E-state index contributed by atoms with van der Waals surface area (Å²) in [4.78, 5) is 14.5. The number of fused-ring (bicyclic) bond motifs is 7. The number of carbonyl (C=O) groups excluding carboxylic acids is 1. The molecule has 0 radical (unpaired) electrons. The zero-order valence-corrected chi connectivity index (χ0v) is 28.8. The van der Waals surface area contributed by atoms with Gasteiger partial charge in [0.25, 0.3) is 0 Å². The highest BCUT2D eigenvalue weighted by Crippen LogP contribution is 2.76. The molecule has 6 rings (SSSR count). The van der Waals surface area contributed by atoms with Gasteiger partial charge >= 0.3 is 5.97 Å². The third-order valence-electron chi connectivity index (χ3n) is 15.6. The standard InChI is InChI=1S/C36H58O11/c1-18-9-12-36(30(44)47-29-26(42)25(41)24(40)21(16-37)46-29)14-13-33(4)19(27(36)35(18,6)45)7-8-23-31(2)15-20(39)28(43)32(3,17-38)22(31)10-11-34(23,33)5/h7,18,20-29,37-43,45H,8-17H2,1-6H3/t18-,20-,21-,22?,23-,24-,25+,26-,27-,28+,29+,31+,32+,33-,34-,35-,36+/m1/s1. The second-order valence-electron chi connectivity index (χ2n) is 17.5. The van der Waals surface area contributed by atoms with Gasteiger partial charge in [0.2, 0.25) is 6.29 Å². The lowest BCUT2D eigenvalue weighted by Gasteiger charge is -2.72. The minimum atomic E-state index is -1.72.